The third-order valence-corrected chi connectivity index (χ3v) is 6.25. The number of amides is 2. The van der Waals surface area contributed by atoms with Crippen LogP contribution in [0.25, 0.3) is 0 Å². The second-order valence-corrected chi connectivity index (χ2v) is 8.50. The zero-order valence-electron chi connectivity index (χ0n) is 20.8. The van der Waals surface area contributed by atoms with Crippen LogP contribution in [0.2, 0.25) is 0 Å². The number of nitrogens with zero attached hydrogens (tertiary/aromatic N) is 2. The maximum Gasteiger partial charge on any atom is 0.255 e. The molecule has 1 saturated heterocycles. The normalized spacial score (nSPS) is 13.2. The highest BCUT2D eigenvalue weighted by molar-refractivity contribution is 6.04. The number of hydrogen-bond donors (Lipinski definition) is 1. The number of carbonyl (C=O) groups is 2. The van der Waals surface area contributed by atoms with Gasteiger partial charge in [0.2, 0.25) is 5.91 Å². The zero-order chi connectivity index (χ0) is 25.5. The quantitative estimate of drug-likeness (QED) is 0.518. The molecule has 1 fully saturated rings. The van der Waals surface area contributed by atoms with Crippen LogP contribution in [0.15, 0.2) is 66.7 Å². The fourth-order valence-electron chi connectivity index (χ4n) is 4.14. The molecule has 36 heavy (non-hydrogen) atoms. The summed E-state index contributed by atoms with van der Waals surface area (Å²) in [7, 11) is 4.72. The highest BCUT2D eigenvalue weighted by atomic mass is 16.5. The predicted octanol–water partition coefficient (Wildman–Crippen LogP) is 3.86. The summed E-state index contributed by atoms with van der Waals surface area (Å²) >= 11 is 0. The highest BCUT2D eigenvalue weighted by Crippen LogP contribution is 2.24. The lowest BCUT2D eigenvalue weighted by Gasteiger charge is -2.36. The third-order valence-electron chi connectivity index (χ3n) is 6.25. The van der Waals surface area contributed by atoms with Crippen molar-refractivity contribution in [3.63, 3.8) is 0 Å². The number of ether oxygens (including phenoxy) is 3. The molecule has 0 atom stereocenters. The number of carbonyl (C=O) groups excluding carboxylic acids is 2. The van der Waals surface area contributed by atoms with Gasteiger partial charge in [0.15, 0.2) is 0 Å². The summed E-state index contributed by atoms with van der Waals surface area (Å²) in [6.45, 7) is 2.85. The Morgan fingerprint density at radius 3 is 1.89 bits per heavy atom. The van der Waals surface area contributed by atoms with Gasteiger partial charge in [-0.15, -0.1) is 0 Å². The Bertz CT molecular complexity index is 1160. The second kappa shape index (κ2) is 11.5. The van der Waals surface area contributed by atoms with Gasteiger partial charge >= 0.3 is 0 Å². The predicted molar refractivity (Wildman–Crippen MR) is 139 cm³/mol. The minimum atomic E-state index is -0.246. The van der Waals surface area contributed by atoms with E-state index in [1.54, 1.807) is 39.5 Å². The second-order valence-electron chi connectivity index (χ2n) is 8.50. The van der Waals surface area contributed by atoms with E-state index < -0.39 is 0 Å². The van der Waals surface area contributed by atoms with E-state index in [1.807, 2.05) is 53.4 Å². The van der Waals surface area contributed by atoms with Crippen molar-refractivity contribution in [2.24, 2.45) is 0 Å². The summed E-state index contributed by atoms with van der Waals surface area (Å²) in [5.74, 6) is 1.77. The molecule has 0 bridgehead atoms. The van der Waals surface area contributed by atoms with E-state index >= 15 is 0 Å². The molecule has 3 aromatic carbocycles. The van der Waals surface area contributed by atoms with Crippen LogP contribution < -0.4 is 24.4 Å². The smallest absolute Gasteiger partial charge is 0.255 e. The van der Waals surface area contributed by atoms with Crippen LogP contribution in [0, 0.1) is 0 Å². The molecular weight excluding hydrogens is 458 g/mol. The Hall–Kier alpha value is -4.20. The summed E-state index contributed by atoms with van der Waals surface area (Å²) in [5.41, 5.74) is 3.18. The van der Waals surface area contributed by atoms with Gasteiger partial charge in [0.05, 0.1) is 27.8 Å². The third kappa shape index (κ3) is 6.07. The molecule has 3 aromatic rings. The van der Waals surface area contributed by atoms with Gasteiger partial charge in [-0.05, 0) is 54.1 Å². The molecule has 8 nitrogen and oxygen atoms in total. The summed E-state index contributed by atoms with van der Waals surface area (Å²) in [6, 6.07) is 20.4. The van der Waals surface area contributed by atoms with E-state index in [4.69, 9.17) is 14.2 Å². The molecule has 0 radical (unpaired) electrons. The Balaban J connectivity index is 1.30. The molecule has 188 valence electrons. The highest BCUT2D eigenvalue weighted by Gasteiger charge is 2.21. The first kappa shape index (κ1) is 24.9. The lowest BCUT2D eigenvalue weighted by atomic mass is 10.1. The minimum Gasteiger partial charge on any atom is -0.497 e. The van der Waals surface area contributed by atoms with Crippen molar-refractivity contribution in [1.82, 2.24) is 4.90 Å². The summed E-state index contributed by atoms with van der Waals surface area (Å²) in [6.07, 6.45) is 0.386. The van der Waals surface area contributed by atoms with Crippen LogP contribution >= 0.6 is 0 Å². The topological polar surface area (TPSA) is 80.3 Å². The van der Waals surface area contributed by atoms with E-state index in [0.29, 0.717) is 42.3 Å². The van der Waals surface area contributed by atoms with Crippen LogP contribution in [-0.2, 0) is 11.2 Å². The Kier molecular flexibility index (Phi) is 7.95. The van der Waals surface area contributed by atoms with Crippen LogP contribution in [-0.4, -0.2) is 64.2 Å². The molecule has 8 heteroatoms. The van der Waals surface area contributed by atoms with Gasteiger partial charge in [0.1, 0.15) is 17.2 Å². The molecule has 1 aliphatic rings. The summed E-state index contributed by atoms with van der Waals surface area (Å²) < 4.78 is 15.7. The first-order valence-corrected chi connectivity index (χ1v) is 11.8. The molecular formula is C28H31N3O5. The summed E-state index contributed by atoms with van der Waals surface area (Å²) in [4.78, 5) is 29.6. The van der Waals surface area contributed by atoms with E-state index in [2.05, 4.69) is 10.2 Å². The first-order valence-electron chi connectivity index (χ1n) is 11.8. The van der Waals surface area contributed by atoms with Gasteiger partial charge in [-0.2, -0.15) is 0 Å². The lowest BCUT2D eigenvalue weighted by molar-refractivity contribution is -0.130. The minimum absolute atomic E-state index is 0.132. The van der Waals surface area contributed by atoms with Crippen LogP contribution in [0.4, 0.5) is 11.4 Å². The fourth-order valence-corrected chi connectivity index (χ4v) is 4.14. The number of hydrogen-bond acceptors (Lipinski definition) is 6. The number of rotatable bonds is 8. The van der Waals surface area contributed by atoms with Crippen molar-refractivity contribution in [3.05, 3.63) is 77.9 Å². The maximum atomic E-state index is 12.7. The van der Waals surface area contributed by atoms with Crippen molar-refractivity contribution >= 4 is 23.2 Å². The van der Waals surface area contributed by atoms with Gasteiger partial charge in [-0.25, -0.2) is 0 Å². The number of benzene rings is 3. The van der Waals surface area contributed by atoms with Crippen molar-refractivity contribution in [3.8, 4) is 17.2 Å². The SMILES string of the molecule is COc1ccc(CC(=O)N2CCN(c3ccc(NC(=O)c4cc(OC)cc(OC)c4)cc3)CC2)cc1. The van der Waals surface area contributed by atoms with Crippen molar-refractivity contribution < 1.29 is 23.8 Å². The fraction of sp³-hybridized carbons (Fsp3) is 0.286. The Morgan fingerprint density at radius 2 is 1.33 bits per heavy atom. The molecule has 0 spiro atoms. The van der Waals surface area contributed by atoms with E-state index in [0.717, 1.165) is 30.1 Å². The summed E-state index contributed by atoms with van der Waals surface area (Å²) in [5, 5.41) is 2.91. The molecule has 0 aliphatic carbocycles. The molecule has 0 saturated carbocycles. The molecule has 2 amide bonds. The Morgan fingerprint density at radius 1 is 0.750 bits per heavy atom. The molecule has 1 aliphatic heterocycles. The molecule has 0 aromatic heterocycles. The van der Waals surface area contributed by atoms with Crippen molar-refractivity contribution in [1.29, 1.82) is 0 Å². The van der Waals surface area contributed by atoms with Gasteiger partial charge in [0, 0.05) is 49.2 Å². The standard InChI is InChI=1S/C28H31N3O5/c1-34-24-10-4-20(5-11-24)16-27(32)31-14-12-30(13-15-31)23-8-6-22(7-9-23)29-28(33)21-17-25(35-2)19-26(18-21)36-3/h4-11,17-19H,12-16H2,1-3H3,(H,29,33). The molecule has 0 unspecified atom stereocenters. The van der Waals surface area contributed by atoms with Crippen LogP contribution in [0.5, 0.6) is 17.2 Å². The van der Waals surface area contributed by atoms with E-state index in [1.165, 1.54) is 0 Å². The first-order chi connectivity index (χ1) is 17.5. The Labute approximate surface area is 211 Å². The zero-order valence-corrected chi connectivity index (χ0v) is 20.8. The number of piperazine rings is 1. The van der Waals surface area contributed by atoms with Crippen molar-refractivity contribution in [2.75, 3.05) is 57.7 Å². The van der Waals surface area contributed by atoms with Crippen molar-refractivity contribution in [2.45, 2.75) is 6.42 Å². The largest absolute Gasteiger partial charge is 0.497 e. The maximum absolute atomic E-state index is 12.7. The number of methoxy groups -OCH3 is 3. The van der Waals surface area contributed by atoms with E-state index in [-0.39, 0.29) is 11.8 Å². The molecule has 1 N–H and O–H groups in total. The monoisotopic (exact) mass is 489 g/mol. The molecule has 1 heterocycles. The van der Waals surface area contributed by atoms with Gasteiger partial charge in [-0.1, -0.05) is 12.1 Å². The van der Waals surface area contributed by atoms with Gasteiger partial charge in [-0.3, -0.25) is 9.59 Å². The van der Waals surface area contributed by atoms with Crippen LogP contribution in [0.3, 0.4) is 0 Å². The number of anilines is 2. The van der Waals surface area contributed by atoms with Gasteiger partial charge in [0.25, 0.3) is 5.91 Å². The average Bonchev–Trinajstić information content (AvgIpc) is 2.93. The lowest BCUT2D eigenvalue weighted by Crippen LogP contribution is -2.49. The van der Waals surface area contributed by atoms with Crippen LogP contribution in [0.1, 0.15) is 15.9 Å². The number of nitrogens with one attached hydrogen (secondary N) is 1. The van der Waals surface area contributed by atoms with Gasteiger partial charge < -0.3 is 29.3 Å². The average molecular weight is 490 g/mol. The molecule has 4 rings (SSSR count). The van der Waals surface area contributed by atoms with E-state index in [9.17, 15) is 9.59 Å².